The average molecular weight is 291 g/mol. The van der Waals surface area contributed by atoms with Crippen LogP contribution in [0.5, 0.6) is 0 Å². The molecule has 2 rings (SSSR count). The van der Waals surface area contributed by atoms with Crippen molar-refractivity contribution in [2.24, 2.45) is 0 Å². The van der Waals surface area contributed by atoms with E-state index in [1.807, 2.05) is 49.1 Å². The van der Waals surface area contributed by atoms with Gasteiger partial charge in [-0.1, -0.05) is 30.3 Å². The van der Waals surface area contributed by atoms with Gasteiger partial charge in [-0.3, -0.25) is 4.79 Å². The topological polar surface area (TPSA) is 38.8 Å². The van der Waals surface area contributed by atoms with Crippen molar-refractivity contribution in [1.29, 1.82) is 0 Å². The Bertz CT molecular complexity index is 429. The first kappa shape index (κ1) is 16.0. The lowest BCUT2D eigenvalue weighted by molar-refractivity contribution is -0.145. The van der Waals surface area contributed by atoms with Crippen molar-refractivity contribution in [2.75, 3.05) is 19.8 Å². The minimum atomic E-state index is -0.419. The van der Waals surface area contributed by atoms with E-state index in [9.17, 15) is 4.79 Å². The molecule has 1 aromatic rings. The zero-order chi connectivity index (χ0) is 15.1. The summed E-state index contributed by atoms with van der Waals surface area (Å²) < 4.78 is 11.2. The van der Waals surface area contributed by atoms with Crippen LogP contribution >= 0.6 is 0 Å². The van der Waals surface area contributed by atoms with Crippen LogP contribution in [0.3, 0.4) is 0 Å². The second-order valence-corrected chi connectivity index (χ2v) is 5.45. The van der Waals surface area contributed by atoms with Gasteiger partial charge in [0.2, 0.25) is 0 Å². The monoisotopic (exact) mass is 291 g/mol. The van der Waals surface area contributed by atoms with Gasteiger partial charge in [0, 0.05) is 19.7 Å². The van der Waals surface area contributed by atoms with E-state index in [0.29, 0.717) is 19.7 Å². The van der Waals surface area contributed by atoms with E-state index >= 15 is 0 Å². The third-order valence-corrected chi connectivity index (χ3v) is 3.81. The van der Waals surface area contributed by atoms with Gasteiger partial charge in [-0.05, 0) is 32.3 Å². The van der Waals surface area contributed by atoms with Gasteiger partial charge in [-0.15, -0.1) is 0 Å². The summed E-state index contributed by atoms with van der Waals surface area (Å²) in [5.41, 5.74) is 1.14. The number of ether oxygens (including phenoxy) is 2. The molecular weight excluding hydrogens is 266 g/mol. The van der Waals surface area contributed by atoms with Crippen molar-refractivity contribution in [3.8, 4) is 0 Å². The third kappa shape index (κ3) is 4.83. The molecule has 1 heterocycles. The van der Waals surface area contributed by atoms with E-state index in [2.05, 4.69) is 0 Å². The molecule has 0 radical (unpaired) electrons. The molecule has 116 valence electrons. The Hall–Kier alpha value is -1.39. The Balaban J connectivity index is 1.83. The Kier molecular flexibility index (Phi) is 6.21. The van der Waals surface area contributed by atoms with Crippen LogP contribution < -0.4 is 0 Å². The summed E-state index contributed by atoms with van der Waals surface area (Å²) in [6.45, 7) is 6.45. The zero-order valence-electron chi connectivity index (χ0n) is 13.0. The zero-order valence-corrected chi connectivity index (χ0v) is 13.0. The maximum absolute atomic E-state index is 12.4. The van der Waals surface area contributed by atoms with Gasteiger partial charge in [0.05, 0.1) is 12.7 Å². The molecule has 0 unspecified atom stereocenters. The van der Waals surface area contributed by atoms with Gasteiger partial charge in [-0.25, -0.2) is 0 Å². The number of nitrogens with zero attached hydrogens (tertiary/aromatic N) is 1. The quantitative estimate of drug-likeness (QED) is 0.775. The number of likely N-dealkylation sites (N-methyl/N-ethyl adjacent to an activating group) is 1. The fourth-order valence-electron chi connectivity index (χ4n) is 2.51. The van der Waals surface area contributed by atoms with Gasteiger partial charge < -0.3 is 14.4 Å². The molecule has 1 amide bonds. The molecule has 21 heavy (non-hydrogen) atoms. The number of hydrogen-bond donors (Lipinski definition) is 0. The molecule has 4 nitrogen and oxygen atoms in total. The number of amides is 1. The molecule has 1 saturated heterocycles. The Morgan fingerprint density at radius 1 is 1.43 bits per heavy atom. The second-order valence-electron chi connectivity index (χ2n) is 5.45. The van der Waals surface area contributed by atoms with Crippen molar-refractivity contribution in [2.45, 2.75) is 45.4 Å². The van der Waals surface area contributed by atoms with Crippen LogP contribution in [0.15, 0.2) is 30.3 Å². The van der Waals surface area contributed by atoms with E-state index in [0.717, 1.165) is 25.0 Å². The van der Waals surface area contributed by atoms with Crippen molar-refractivity contribution in [3.63, 3.8) is 0 Å². The summed E-state index contributed by atoms with van der Waals surface area (Å²) in [5.74, 6) is 0.0411. The highest BCUT2D eigenvalue weighted by atomic mass is 16.5. The van der Waals surface area contributed by atoms with Crippen LogP contribution in [0.4, 0.5) is 0 Å². The maximum atomic E-state index is 12.4. The third-order valence-electron chi connectivity index (χ3n) is 3.81. The summed E-state index contributed by atoms with van der Waals surface area (Å²) in [7, 11) is 0. The molecule has 0 N–H and O–H groups in total. The summed E-state index contributed by atoms with van der Waals surface area (Å²) in [6.07, 6.45) is 1.86. The Morgan fingerprint density at radius 3 is 2.81 bits per heavy atom. The number of rotatable bonds is 7. The van der Waals surface area contributed by atoms with Crippen molar-refractivity contribution < 1.29 is 14.3 Å². The normalized spacial score (nSPS) is 19.4. The highest BCUT2D eigenvalue weighted by molar-refractivity contribution is 5.80. The minimum Gasteiger partial charge on any atom is -0.376 e. The predicted molar refractivity (Wildman–Crippen MR) is 81.9 cm³/mol. The van der Waals surface area contributed by atoms with E-state index in [4.69, 9.17) is 9.47 Å². The maximum Gasteiger partial charge on any atom is 0.251 e. The lowest BCUT2D eigenvalue weighted by Crippen LogP contribution is -2.39. The molecule has 0 aromatic heterocycles. The molecule has 0 bridgehead atoms. The van der Waals surface area contributed by atoms with Crippen LogP contribution in [-0.2, 0) is 20.8 Å². The smallest absolute Gasteiger partial charge is 0.251 e. The average Bonchev–Trinajstić information content (AvgIpc) is 3.04. The molecule has 1 aromatic carbocycles. The van der Waals surface area contributed by atoms with Crippen molar-refractivity contribution >= 4 is 5.91 Å². The number of carbonyl (C=O) groups excluding carboxylic acids is 1. The number of benzene rings is 1. The van der Waals surface area contributed by atoms with Crippen LogP contribution in [0.2, 0.25) is 0 Å². The van der Waals surface area contributed by atoms with E-state index in [-0.39, 0.29) is 12.0 Å². The van der Waals surface area contributed by atoms with Crippen LogP contribution in [-0.4, -0.2) is 42.8 Å². The molecule has 1 fully saturated rings. The molecule has 2 atom stereocenters. The summed E-state index contributed by atoms with van der Waals surface area (Å²) >= 11 is 0. The first-order valence-corrected chi connectivity index (χ1v) is 7.76. The number of hydrogen-bond acceptors (Lipinski definition) is 3. The van der Waals surface area contributed by atoms with Crippen LogP contribution in [0, 0.1) is 0 Å². The van der Waals surface area contributed by atoms with Gasteiger partial charge in [0.1, 0.15) is 6.10 Å². The molecule has 1 aliphatic heterocycles. The largest absolute Gasteiger partial charge is 0.376 e. The Labute approximate surface area is 127 Å². The molecule has 1 aliphatic rings. The van der Waals surface area contributed by atoms with Crippen molar-refractivity contribution in [1.82, 2.24) is 4.90 Å². The van der Waals surface area contributed by atoms with E-state index in [1.165, 1.54) is 0 Å². The molecule has 0 spiro atoms. The summed E-state index contributed by atoms with van der Waals surface area (Å²) in [5, 5.41) is 0. The van der Waals surface area contributed by atoms with Crippen molar-refractivity contribution in [3.05, 3.63) is 35.9 Å². The number of carbonyl (C=O) groups is 1. The molecule has 4 heteroatoms. The highest BCUT2D eigenvalue weighted by Gasteiger charge is 2.23. The lowest BCUT2D eigenvalue weighted by Gasteiger charge is -2.25. The lowest BCUT2D eigenvalue weighted by atomic mass is 10.2. The predicted octanol–water partition coefficient (Wildman–Crippen LogP) is 2.62. The van der Waals surface area contributed by atoms with Crippen LogP contribution in [0.1, 0.15) is 32.3 Å². The fraction of sp³-hybridized carbons (Fsp3) is 0.588. The van der Waals surface area contributed by atoms with Crippen LogP contribution in [0.25, 0.3) is 0 Å². The minimum absolute atomic E-state index is 0.0411. The van der Waals surface area contributed by atoms with Gasteiger partial charge >= 0.3 is 0 Å². The van der Waals surface area contributed by atoms with Gasteiger partial charge in [0.25, 0.3) is 5.91 Å². The highest BCUT2D eigenvalue weighted by Crippen LogP contribution is 2.14. The SMILES string of the molecule is CCN(Cc1ccccc1)C(=O)[C@H](C)OC[C@H]1CCCO1. The van der Waals surface area contributed by atoms with E-state index < -0.39 is 6.10 Å². The Morgan fingerprint density at radius 2 is 2.19 bits per heavy atom. The second kappa shape index (κ2) is 8.15. The summed E-state index contributed by atoms with van der Waals surface area (Å²) in [4.78, 5) is 14.3. The van der Waals surface area contributed by atoms with Gasteiger partial charge in [0.15, 0.2) is 0 Å². The van der Waals surface area contributed by atoms with E-state index in [1.54, 1.807) is 0 Å². The summed E-state index contributed by atoms with van der Waals surface area (Å²) in [6, 6.07) is 10.0. The van der Waals surface area contributed by atoms with Gasteiger partial charge in [-0.2, -0.15) is 0 Å². The molecular formula is C17H25NO3. The molecule has 0 aliphatic carbocycles. The standard InChI is InChI=1S/C17H25NO3/c1-3-18(12-15-8-5-4-6-9-15)17(19)14(2)21-13-16-10-7-11-20-16/h4-6,8-9,14,16H,3,7,10-13H2,1-2H3/t14-,16+/m0/s1. The first-order valence-electron chi connectivity index (χ1n) is 7.76. The molecule has 0 saturated carbocycles. The first-order chi connectivity index (χ1) is 10.2. The fourth-order valence-corrected chi connectivity index (χ4v) is 2.51.